The van der Waals surface area contributed by atoms with E-state index in [2.05, 4.69) is 22.0 Å². The first-order valence-corrected chi connectivity index (χ1v) is 11.6. The van der Waals surface area contributed by atoms with Crippen LogP contribution in [0.4, 0.5) is 0 Å². The zero-order valence-electron chi connectivity index (χ0n) is 18.1. The van der Waals surface area contributed by atoms with Gasteiger partial charge in [-0.3, -0.25) is 24.3 Å². The standard InChI is InChI=1S/C25H25ClN4O3/c26-18-5-3-4-16(8-18)11-29-23(32)22-9-19(31)13-30(22)25(24(29)33)14-28(15-25)12-17-10-27-21-7-2-1-6-20(17)21/h1-8,10,19,22,27,31H,9,11-15H2. The van der Waals surface area contributed by atoms with Crippen molar-refractivity contribution in [2.45, 2.75) is 37.2 Å². The third-order valence-electron chi connectivity index (χ3n) is 7.29. The summed E-state index contributed by atoms with van der Waals surface area (Å²) in [6.07, 6.45) is 1.79. The summed E-state index contributed by atoms with van der Waals surface area (Å²) in [5.41, 5.74) is 2.33. The molecule has 4 heterocycles. The van der Waals surface area contributed by atoms with E-state index in [1.165, 1.54) is 15.8 Å². The average molecular weight is 465 g/mol. The quantitative estimate of drug-likeness (QED) is 0.579. The highest BCUT2D eigenvalue weighted by Crippen LogP contribution is 2.41. The molecule has 7 nitrogen and oxygen atoms in total. The number of para-hydroxylation sites is 1. The van der Waals surface area contributed by atoms with Crippen molar-refractivity contribution in [1.82, 2.24) is 19.7 Å². The molecule has 3 aliphatic heterocycles. The number of halogens is 1. The van der Waals surface area contributed by atoms with Crippen molar-refractivity contribution < 1.29 is 14.7 Å². The summed E-state index contributed by atoms with van der Waals surface area (Å²) in [4.78, 5) is 35.9. The summed E-state index contributed by atoms with van der Waals surface area (Å²) < 4.78 is 0. The number of fused-ring (bicyclic) bond motifs is 3. The van der Waals surface area contributed by atoms with Crippen LogP contribution in [-0.2, 0) is 22.7 Å². The molecule has 2 N–H and O–H groups in total. The Morgan fingerprint density at radius 1 is 1.09 bits per heavy atom. The molecular weight excluding hydrogens is 440 g/mol. The Kier molecular flexibility index (Phi) is 4.85. The van der Waals surface area contributed by atoms with Gasteiger partial charge in [-0.05, 0) is 35.7 Å². The van der Waals surface area contributed by atoms with Crippen molar-refractivity contribution >= 4 is 34.3 Å². The van der Waals surface area contributed by atoms with Gasteiger partial charge in [-0.15, -0.1) is 0 Å². The molecule has 0 bridgehead atoms. The number of amides is 2. The fourth-order valence-electron chi connectivity index (χ4n) is 5.77. The average Bonchev–Trinajstić information content (AvgIpc) is 3.36. The zero-order valence-corrected chi connectivity index (χ0v) is 18.8. The second-order valence-electron chi connectivity index (χ2n) is 9.45. The molecule has 3 fully saturated rings. The van der Waals surface area contributed by atoms with Gasteiger partial charge in [0.25, 0.3) is 5.91 Å². The Morgan fingerprint density at radius 3 is 2.73 bits per heavy atom. The van der Waals surface area contributed by atoms with Crippen molar-refractivity contribution in [3.63, 3.8) is 0 Å². The van der Waals surface area contributed by atoms with E-state index >= 15 is 0 Å². The lowest BCUT2D eigenvalue weighted by atomic mass is 9.82. The van der Waals surface area contributed by atoms with Crippen LogP contribution in [0.2, 0.25) is 5.02 Å². The number of nitrogens with zero attached hydrogens (tertiary/aromatic N) is 3. The summed E-state index contributed by atoms with van der Waals surface area (Å²) in [6.45, 7) is 2.35. The van der Waals surface area contributed by atoms with Crippen molar-refractivity contribution in [3.05, 3.63) is 70.9 Å². The topological polar surface area (TPSA) is 79.9 Å². The number of aliphatic hydroxyl groups excluding tert-OH is 1. The van der Waals surface area contributed by atoms with Gasteiger partial charge in [0.2, 0.25) is 5.91 Å². The molecule has 2 unspecified atom stereocenters. The van der Waals surface area contributed by atoms with Gasteiger partial charge in [-0.25, -0.2) is 0 Å². The van der Waals surface area contributed by atoms with Gasteiger partial charge in [0.05, 0.1) is 18.7 Å². The van der Waals surface area contributed by atoms with E-state index in [-0.39, 0.29) is 18.4 Å². The van der Waals surface area contributed by atoms with E-state index in [1.54, 1.807) is 12.1 Å². The molecule has 1 spiro atoms. The second-order valence-corrected chi connectivity index (χ2v) is 9.89. The number of nitrogens with one attached hydrogen (secondary N) is 1. The van der Waals surface area contributed by atoms with Gasteiger partial charge in [0, 0.05) is 48.3 Å². The minimum atomic E-state index is -0.777. The molecule has 2 amide bonds. The minimum Gasteiger partial charge on any atom is -0.392 e. The zero-order chi connectivity index (χ0) is 22.7. The first kappa shape index (κ1) is 20.9. The van der Waals surface area contributed by atoms with Crippen LogP contribution in [0.15, 0.2) is 54.7 Å². The smallest absolute Gasteiger partial charge is 0.252 e. The van der Waals surface area contributed by atoms with Gasteiger partial charge in [0.15, 0.2) is 0 Å². The Hall–Kier alpha value is -2.71. The number of hydrogen-bond acceptors (Lipinski definition) is 5. The monoisotopic (exact) mass is 464 g/mol. The van der Waals surface area contributed by atoms with Crippen molar-refractivity contribution in [1.29, 1.82) is 0 Å². The van der Waals surface area contributed by atoms with Crippen molar-refractivity contribution in [2.75, 3.05) is 19.6 Å². The molecule has 8 heteroatoms. The highest BCUT2D eigenvalue weighted by Gasteiger charge is 2.64. The Balaban J connectivity index is 1.26. The Morgan fingerprint density at radius 2 is 1.91 bits per heavy atom. The number of piperazine rings is 1. The number of hydrogen-bond donors (Lipinski definition) is 2. The lowest BCUT2D eigenvalue weighted by Gasteiger charge is -2.58. The van der Waals surface area contributed by atoms with Crippen LogP contribution in [0.5, 0.6) is 0 Å². The number of β-amino-alcohol motifs (C(OH)–C–C–N with tert-alkyl or cyclic N) is 1. The summed E-state index contributed by atoms with van der Waals surface area (Å²) in [5, 5.41) is 12.1. The van der Waals surface area contributed by atoms with Gasteiger partial charge < -0.3 is 10.1 Å². The summed E-state index contributed by atoms with van der Waals surface area (Å²) >= 11 is 6.13. The first-order valence-electron chi connectivity index (χ1n) is 11.3. The SMILES string of the molecule is O=C1C2CC(O)CN2C2(CN(Cc3c[nH]c4ccccc34)C2)C(=O)N1Cc1cccc(Cl)c1. The molecular formula is C25H25ClN4O3. The molecule has 6 rings (SSSR count). The summed E-state index contributed by atoms with van der Waals surface area (Å²) in [5.74, 6) is -0.398. The Labute approximate surface area is 196 Å². The van der Waals surface area contributed by atoms with Crippen LogP contribution in [0, 0.1) is 0 Å². The maximum Gasteiger partial charge on any atom is 0.252 e. The van der Waals surface area contributed by atoms with E-state index < -0.39 is 17.7 Å². The highest BCUT2D eigenvalue weighted by atomic mass is 35.5. The fraction of sp³-hybridized carbons (Fsp3) is 0.360. The molecule has 2 atom stereocenters. The number of carbonyl (C=O) groups is 2. The molecule has 3 aliphatic rings. The van der Waals surface area contributed by atoms with Gasteiger partial charge >= 0.3 is 0 Å². The summed E-state index contributed by atoms with van der Waals surface area (Å²) in [6, 6.07) is 15.0. The van der Waals surface area contributed by atoms with Crippen molar-refractivity contribution in [2.24, 2.45) is 0 Å². The van der Waals surface area contributed by atoms with Crippen LogP contribution in [0.3, 0.4) is 0 Å². The first-order chi connectivity index (χ1) is 15.9. The van der Waals surface area contributed by atoms with Crippen LogP contribution in [-0.4, -0.2) is 73.9 Å². The molecule has 33 heavy (non-hydrogen) atoms. The van der Waals surface area contributed by atoms with E-state index in [0.29, 0.717) is 31.1 Å². The number of aromatic nitrogens is 1. The molecule has 0 saturated carbocycles. The molecule has 2 aromatic carbocycles. The van der Waals surface area contributed by atoms with Crippen LogP contribution in [0.25, 0.3) is 10.9 Å². The Bertz CT molecular complexity index is 1250. The van der Waals surface area contributed by atoms with Gasteiger partial charge in [0.1, 0.15) is 5.54 Å². The predicted octanol–water partition coefficient (Wildman–Crippen LogP) is 2.38. The fourth-order valence-corrected chi connectivity index (χ4v) is 5.98. The lowest BCUT2D eigenvalue weighted by Crippen LogP contribution is -2.81. The van der Waals surface area contributed by atoms with E-state index in [4.69, 9.17) is 11.6 Å². The minimum absolute atomic E-state index is 0.173. The predicted molar refractivity (Wildman–Crippen MR) is 124 cm³/mol. The van der Waals surface area contributed by atoms with Gasteiger partial charge in [-0.2, -0.15) is 0 Å². The number of aromatic amines is 1. The van der Waals surface area contributed by atoms with Crippen LogP contribution < -0.4 is 0 Å². The molecule has 3 aromatic rings. The number of imide groups is 1. The molecule has 170 valence electrons. The maximum absolute atomic E-state index is 13.8. The number of carbonyl (C=O) groups excluding carboxylic acids is 2. The number of rotatable bonds is 4. The second kappa shape index (κ2) is 7.67. The van der Waals surface area contributed by atoms with Gasteiger partial charge in [-0.1, -0.05) is 41.9 Å². The number of aliphatic hydroxyl groups is 1. The number of likely N-dealkylation sites (tertiary alicyclic amines) is 1. The largest absolute Gasteiger partial charge is 0.392 e. The highest BCUT2D eigenvalue weighted by molar-refractivity contribution is 6.30. The van der Waals surface area contributed by atoms with Crippen molar-refractivity contribution in [3.8, 4) is 0 Å². The molecule has 3 saturated heterocycles. The van der Waals surface area contributed by atoms with Crippen LogP contribution >= 0.6 is 11.6 Å². The van der Waals surface area contributed by atoms with Crippen LogP contribution in [0.1, 0.15) is 17.5 Å². The normalized spacial score (nSPS) is 25.1. The van der Waals surface area contributed by atoms with E-state index in [0.717, 1.165) is 17.6 Å². The molecule has 1 aromatic heterocycles. The lowest BCUT2D eigenvalue weighted by molar-refractivity contribution is -0.181. The number of benzene rings is 2. The molecule has 0 radical (unpaired) electrons. The number of H-pyrrole nitrogens is 1. The summed E-state index contributed by atoms with van der Waals surface area (Å²) in [7, 11) is 0. The van der Waals surface area contributed by atoms with E-state index in [1.807, 2.05) is 35.4 Å². The molecule has 0 aliphatic carbocycles. The van der Waals surface area contributed by atoms with E-state index in [9.17, 15) is 14.7 Å². The maximum atomic E-state index is 13.8. The third-order valence-corrected chi connectivity index (χ3v) is 7.53. The third kappa shape index (κ3) is 3.30.